The molecule has 5 heteroatoms. The van der Waals surface area contributed by atoms with E-state index in [2.05, 4.69) is 31.9 Å². The predicted molar refractivity (Wildman–Crippen MR) is 90.2 cm³/mol. The lowest BCUT2D eigenvalue weighted by atomic mass is 10.1. The van der Waals surface area contributed by atoms with Crippen LogP contribution in [-0.4, -0.2) is 18.2 Å². The Bertz CT molecular complexity index is 685. The minimum atomic E-state index is -0.361. The third-order valence-corrected chi connectivity index (χ3v) is 4.02. The van der Waals surface area contributed by atoms with Gasteiger partial charge < -0.3 is 9.84 Å². The molecule has 0 aliphatic heterocycles. The highest BCUT2D eigenvalue weighted by Crippen LogP contribution is 2.33. The van der Waals surface area contributed by atoms with Gasteiger partial charge in [-0.25, -0.2) is 4.79 Å². The molecule has 0 aromatic heterocycles. The second-order valence-electron chi connectivity index (χ2n) is 4.28. The number of benzene rings is 2. The van der Waals surface area contributed by atoms with E-state index in [1.165, 1.54) is 7.11 Å². The number of phenols is 1. The van der Waals surface area contributed by atoms with Crippen LogP contribution in [0, 0.1) is 0 Å². The fourth-order valence-corrected chi connectivity index (χ4v) is 2.98. The second-order valence-corrected chi connectivity index (χ2v) is 5.99. The van der Waals surface area contributed by atoms with Crippen molar-refractivity contribution >= 4 is 50.0 Å². The van der Waals surface area contributed by atoms with Gasteiger partial charge in [0.1, 0.15) is 5.75 Å². The van der Waals surface area contributed by atoms with E-state index in [0.717, 1.165) is 11.1 Å². The lowest BCUT2D eigenvalue weighted by Crippen LogP contribution is -2.00. The molecule has 1 N–H and O–H groups in total. The summed E-state index contributed by atoms with van der Waals surface area (Å²) in [4.78, 5) is 11.5. The largest absolute Gasteiger partial charge is 0.506 e. The Kier molecular flexibility index (Phi) is 5.20. The van der Waals surface area contributed by atoms with Crippen LogP contribution in [0.1, 0.15) is 21.5 Å². The van der Waals surface area contributed by atoms with Crippen LogP contribution in [0.25, 0.3) is 12.2 Å². The second kappa shape index (κ2) is 6.91. The quantitative estimate of drug-likeness (QED) is 0.578. The van der Waals surface area contributed by atoms with E-state index in [1.54, 1.807) is 30.3 Å². The van der Waals surface area contributed by atoms with Crippen LogP contribution in [-0.2, 0) is 4.74 Å². The lowest BCUT2D eigenvalue weighted by Gasteiger charge is -2.03. The maximum Gasteiger partial charge on any atom is 0.337 e. The van der Waals surface area contributed by atoms with Crippen LogP contribution in [0.15, 0.2) is 45.3 Å². The molecule has 0 bridgehead atoms. The van der Waals surface area contributed by atoms with Gasteiger partial charge in [0, 0.05) is 0 Å². The van der Waals surface area contributed by atoms with Gasteiger partial charge in [0.2, 0.25) is 0 Å². The highest BCUT2D eigenvalue weighted by molar-refractivity contribution is 9.11. The summed E-state index contributed by atoms with van der Waals surface area (Å²) in [5.41, 5.74) is 2.31. The topological polar surface area (TPSA) is 46.5 Å². The number of methoxy groups -OCH3 is 1. The number of carbonyl (C=O) groups is 1. The minimum absolute atomic E-state index is 0.167. The van der Waals surface area contributed by atoms with Gasteiger partial charge in [-0.1, -0.05) is 24.3 Å². The number of halogens is 2. The van der Waals surface area contributed by atoms with Crippen molar-refractivity contribution in [1.82, 2.24) is 0 Å². The van der Waals surface area contributed by atoms with Crippen LogP contribution >= 0.6 is 31.9 Å². The molecular formula is C16H12Br2O3. The molecule has 0 aliphatic carbocycles. The molecule has 2 aromatic rings. The van der Waals surface area contributed by atoms with Gasteiger partial charge in [0.15, 0.2) is 0 Å². The zero-order valence-electron chi connectivity index (χ0n) is 11.1. The van der Waals surface area contributed by atoms with Crippen LogP contribution in [0.2, 0.25) is 0 Å². The van der Waals surface area contributed by atoms with Crippen molar-refractivity contribution in [2.75, 3.05) is 7.11 Å². The molecule has 0 radical (unpaired) electrons. The SMILES string of the molecule is COC(=O)c1cccc(/C=C/c2cc(Br)c(O)c(Br)c2)c1. The fourth-order valence-electron chi connectivity index (χ4n) is 1.76. The van der Waals surface area contributed by atoms with Crippen molar-refractivity contribution in [2.24, 2.45) is 0 Å². The number of hydrogen-bond acceptors (Lipinski definition) is 3. The summed E-state index contributed by atoms with van der Waals surface area (Å²) in [6.45, 7) is 0. The van der Waals surface area contributed by atoms with E-state index in [0.29, 0.717) is 14.5 Å². The fraction of sp³-hybridized carbons (Fsp3) is 0.0625. The maximum atomic E-state index is 11.5. The van der Waals surface area contributed by atoms with Crippen LogP contribution in [0.4, 0.5) is 0 Å². The van der Waals surface area contributed by atoms with Crippen molar-refractivity contribution in [3.63, 3.8) is 0 Å². The Morgan fingerprint density at radius 1 is 1.10 bits per heavy atom. The smallest absolute Gasteiger partial charge is 0.337 e. The molecular weight excluding hydrogens is 400 g/mol. The van der Waals surface area contributed by atoms with Crippen molar-refractivity contribution < 1.29 is 14.6 Å². The molecule has 2 rings (SSSR count). The summed E-state index contributed by atoms with van der Waals surface area (Å²) < 4.78 is 5.92. The summed E-state index contributed by atoms with van der Waals surface area (Å²) in [6, 6.07) is 10.8. The molecule has 108 valence electrons. The van der Waals surface area contributed by atoms with Gasteiger partial charge >= 0.3 is 5.97 Å². The highest BCUT2D eigenvalue weighted by Gasteiger charge is 2.05. The lowest BCUT2D eigenvalue weighted by molar-refractivity contribution is 0.0600. The zero-order valence-corrected chi connectivity index (χ0v) is 14.3. The van der Waals surface area contributed by atoms with E-state index in [-0.39, 0.29) is 11.7 Å². The van der Waals surface area contributed by atoms with E-state index in [9.17, 15) is 9.90 Å². The first-order valence-corrected chi connectivity index (χ1v) is 7.64. The average Bonchev–Trinajstić information content (AvgIpc) is 2.50. The van der Waals surface area contributed by atoms with Crippen molar-refractivity contribution in [3.05, 3.63) is 62.0 Å². The minimum Gasteiger partial charge on any atom is -0.506 e. The number of hydrogen-bond donors (Lipinski definition) is 1. The van der Waals surface area contributed by atoms with E-state index in [4.69, 9.17) is 4.74 Å². The summed E-state index contributed by atoms with van der Waals surface area (Å²) in [7, 11) is 1.36. The van der Waals surface area contributed by atoms with Crippen molar-refractivity contribution in [2.45, 2.75) is 0 Å². The molecule has 0 spiro atoms. The molecule has 3 nitrogen and oxygen atoms in total. The molecule has 0 atom stereocenters. The molecule has 2 aromatic carbocycles. The average molecular weight is 412 g/mol. The number of aromatic hydroxyl groups is 1. The van der Waals surface area contributed by atoms with Crippen LogP contribution < -0.4 is 0 Å². The Balaban J connectivity index is 2.27. The predicted octanol–water partition coefficient (Wildman–Crippen LogP) is 4.87. The molecule has 21 heavy (non-hydrogen) atoms. The number of phenolic OH excluding ortho intramolecular Hbond substituents is 1. The Morgan fingerprint density at radius 3 is 2.33 bits per heavy atom. The third-order valence-electron chi connectivity index (χ3n) is 2.82. The summed E-state index contributed by atoms with van der Waals surface area (Å²) in [5, 5.41) is 9.67. The molecule has 0 aliphatic rings. The monoisotopic (exact) mass is 410 g/mol. The first-order chi connectivity index (χ1) is 10.0. The van der Waals surface area contributed by atoms with E-state index < -0.39 is 0 Å². The Hall–Kier alpha value is -1.59. The van der Waals surface area contributed by atoms with Crippen molar-refractivity contribution in [3.8, 4) is 5.75 Å². The number of rotatable bonds is 3. The molecule has 0 saturated carbocycles. The molecule has 0 unspecified atom stereocenters. The third kappa shape index (κ3) is 3.95. The van der Waals surface area contributed by atoms with Gasteiger partial charge in [-0.2, -0.15) is 0 Å². The standard InChI is InChI=1S/C16H12Br2O3/c1-21-16(20)12-4-2-3-10(7-12)5-6-11-8-13(17)15(19)14(18)9-11/h2-9,19H,1H3/b6-5+. The summed E-state index contributed by atoms with van der Waals surface area (Å²) in [5.74, 6) is -0.194. The zero-order chi connectivity index (χ0) is 15.4. The van der Waals surface area contributed by atoms with E-state index in [1.807, 2.05) is 18.2 Å². The van der Waals surface area contributed by atoms with Crippen LogP contribution in [0.5, 0.6) is 5.75 Å². The van der Waals surface area contributed by atoms with Gasteiger partial charge in [0.25, 0.3) is 0 Å². The normalized spacial score (nSPS) is 10.8. The van der Waals surface area contributed by atoms with Crippen LogP contribution in [0.3, 0.4) is 0 Å². The Morgan fingerprint density at radius 2 is 1.71 bits per heavy atom. The molecule has 0 heterocycles. The Labute approximate surface area is 139 Å². The first-order valence-electron chi connectivity index (χ1n) is 6.05. The number of esters is 1. The van der Waals surface area contributed by atoms with E-state index >= 15 is 0 Å². The molecule has 0 fully saturated rings. The van der Waals surface area contributed by atoms with Crippen molar-refractivity contribution in [1.29, 1.82) is 0 Å². The van der Waals surface area contributed by atoms with Gasteiger partial charge in [-0.3, -0.25) is 0 Å². The van der Waals surface area contributed by atoms with Gasteiger partial charge in [0.05, 0.1) is 21.6 Å². The highest BCUT2D eigenvalue weighted by atomic mass is 79.9. The molecule has 0 amide bonds. The number of ether oxygens (including phenoxy) is 1. The molecule has 0 saturated heterocycles. The maximum absolute atomic E-state index is 11.5. The van der Waals surface area contributed by atoms with Gasteiger partial charge in [-0.05, 0) is 67.3 Å². The first kappa shape index (κ1) is 15.8. The summed E-state index contributed by atoms with van der Waals surface area (Å²) in [6.07, 6.45) is 3.78. The van der Waals surface area contributed by atoms with Gasteiger partial charge in [-0.15, -0.1) is 0 Å². The summed E-state index contributed by atoms with van der Waals surface area (Å²) >= 11 is 6.58. The number of carbonyl (C=O) groups excluding carboxylic acids is 1.